The first kappa shape index (κ1) is 14.1. The maximum absolute atomic E-state index is 8.35. The number of hydrogen-bond acceptors (Lipinski definition) is 3. The number of carbonyl (C=O) groups excluding carboxylic acids is 1. The number of rotatable bonds is 4. The maximum Gasteiger partial charge on any atom is 0.231 e. The summed E-state index contributed by atoms with van der Waals surface area (Å²) in [7, 11) is -1.20. The molecule has 12 heavy (non-hydrogen) atoms. The van der Waals surface area contributed by atoms with Crippen molar-refractivity contribution in [2.75, 3.05) is 6.61 Å². The van der Waals surface area contributed by atoms with Gasteiger partial charge in [-0.1, -0.05) is 13.3 Å². The van der Waals surface area contributed by atoms with E-state index in [9.17, 15) is 0 Å². The van der Waals surface area contributed by atoms with Crippen molar-refractivity contribution in [3.8, 4) is 0 Å². The normalized spacial score (nSPS) is 9.67. The van der Waals surface area contributed by atoms with Gasteiger partial charge in [0.2, 0.25) is 6.08 Å². The van der Waals surface area contributed by atoms with Gasteiger partial charge < -0.3 is 4.43 Å². The molecule has 0 aromatic carbocycles. The standard InChI is InChI=1S/C7H18OSi.CHNO/c1-5-7-9(3,4)8-6-2;2-1-3/h5-7H2,1-4H3;2H. The molecule has 0 saturated heterocycles. The highest BCUT2D eigenvalue weighted by Crippen LogP contribution is 2.12. The van der Waals surface area contributed by atoms with Crippen molar-refractivity contribution in [1.82, 2.24) is 0 Å². The average Bonchev–Trinajstić information content (AvgIpc) is 1.88. The molecule has 0 amide bonds. The van der Waals surface area contributed by atoms with Crippen LogP contribution in [-0.2, 0) is 9.22 Å². The van der Waals surface area contributed by atoms with Gasteiger partial charge in [0.25, 0.3) is 0 Å². The molecule has 0 saturated carbocycles. The highest BCUT2D eigenvalue weighted by atomic mass is 28.4. The second-order valence-corrected chi connectivity index (χ2v) is 7.35. The molecule has 0 rings (SSSR count). The summed E-state index contributed by atoms with van der Waals surface area (Å²) in [5, 5.41) is 5.40. The summed E-state index contributed by atoms with van der Waals surface area (Å²) in [5.74, 6) is 0. The number of isocyanates is 1. The van der Waals surface area contributed by atoms with Gasteiger partial charge >= 0.3 is 0 Å². The average molecular weight is 189 g/mol. The van der Waals surface area contributed by atoms with Gasteiger partial charge in [-0.25, -0.2) is 10.2 Å². The summed E-state index contributed by atoms with van der Waals surface area (Å²) in [6.45, 7) is 9.73. The first-order valence-electron chi connectivity index (χ1n) is 4.21. The molecule has 0 aliphatic rings. The third-order valence-electron chi connectivity index (χ3n) is 1.39. The van der Waals surface area contributed by atoms with Crippen LogP contribution in [0.2, 0.25) is 19.1 Å². The number of hydrogen-bond donors (Lipinski definition) is 1. The van der Waals surface area contributed by atoms with E-state index in [1.165, 1.54) is 12.5 Å². The fourth-order valence-corrected chi connectivity index (χ4v) is 3.19. The van der Waals surface area contributed by atoms with Crippen molar-refractivity contribution in [3.63, 3.8) is 0 Å². The SMILES string of the molecule is CCC[Si](C)(C)OCC.N=C=O. The van der Waals surface area contributed by atoms with E-state index in [4.69, 9.17) is 14.6 Å². The smallest absolute Gasteiger partial charge is 0.231 e. The van der Waals surface area contributed by atoms with Gasteiger partial charge in [0, 0.05) is 6.61 Å². The van der Waals surface area contributed by atoms with Crippen LogP contribution in [0, 0.1) is 5.41 Å². The fourth-order valence-electron chi connectivity index (χ4n) is 1.06. The van der Waals surface area contributed by atoms with E-state index < -0.39 is 8.32 Å². The van der Waals surface area contributed by atoms with E-state index in [0.717, 1.165) is 12.7 Å². The molecule has 0 radical (unpaired) electrons. The fraction of sp³-hybridized carbons (Fsp3) is 0.875. The van der Waals surface area contributed by atoms with Gasteiger partial charge in [0.1, 0.15) is 0 Å². The highest BCUT2D eigenvalue weighted by molar-refractivity contribution is 6.71. The topological polar surface area (TPSA) is 50.1 Å². The lowest BCUT2D eigenvalue weighted by Gasteiger charge is -2.20. The molecule has 0 fully saturated rings. The maximum atomic E-state index is 8.35. The quantitative estimate of drug-likeness (QED) is 0.420. The molecule has 0 bridgehead atoms. The number of nitrogens with one attached hydrogen (secondary N) is 1. The minimum atomic E-state index is -1.20. The van der Waals surface area contributed by atoms with Gasteiger partial charge in [0.05, 0.1) is 0 Å². The Morgan fingerprint density at radius 3 is 2.08 bits per heavy atom. The van der Waals surface area contributed by atoms with E-state index >= 15 is 0 Å². The van der Waals surface area contributed by atoms with E-state index in [-0.39, 0.29) is 0 Å². The van der Waals surface area contributed by atoms with Crippen LogP contribution in [-0.4, -0.2) is 21.0 Å². The zero-order valence-electron chi connectivity index (χ0n) is 8.44. The van der Waals surface area contributed by atoms with Crippen LogP contribution < -0.4 is 0 Å². The van der Waals surface area contributed by atoms with Crippen molar-refractivity contribution in [1.29, 1.82) is 5.41 Å². The molecule has 3 nitrogen and oxygen atoms in total. The Morgan fingerprint density at radius 1 is 1.42 bits per heavy atom. The Labute approximate surface area is 75.8 Å². The molecule has 0 aliphatic carbocycles. The molecule has 0 aromatic heterocycles. The zero-order valence-corrected chi connectivity index (χ0v) is 9.44. The molecule has 72 valence electrons. The van der Waals surface area contributed by atoms with E-state index in [1.54, 1.807) is 0 Å². The summed E-state index contributed by atoms with van der Waals surface area (Å²) < 4.78 is 5.61. The van der Waals surface area contributed by atoms with Gasteiger partial charge in [-0.15, -0.1) is 0 Å². The Balaban J connectivity index is 0. The van der Waals surface area contributed by atoms with Crippen molar-refractivity contribution in [3.05, 3.63) is 0 Å². The molecule has 0 atom stereocenters. The molecule has 0 spiro atoms. The summed E-state index contributed by atoms with van der Waals surface area (Å²) in [5.41, 5.74) is 0. The first-order chi connectivity index (χ1) is 5.54. The first-order valence-corrected chi connectivity index (χ1v) is 7.33. The predicted octanol–water partition coefficient (Wildman–Crippen LogP) is 2.54. The molecular weight excluding hydrogens is 170 g/mol. The lowest BCUT2D eigenvalue weighted by atomic mass is 10.6. The van der Waals surface area contributed by atoms with Crippen LogP contribution >= 0.6 is 0 Å². The minimum Gasteiger partial charge on any atom is -0.418 e. The van der Waals surface area contributed by atoms with Crippen LogP contribution in [0.5, 0.6) is 0 Å². The Bertz CT molecular complexity index is 123. The Morgan fingerprint density at radius 2 is 1.83 bits per heavy atom. The molecular formula is C8H19NO2Si. The van der Waals surface area contributed by atoms with Gasteiger partial charge in [-0.2, -0.15) is 0 Å². The zero-order chi connectivity index (χ0) is 10.0. The Hall–Kier alpha value is -0.443. The molecule has 0 aliphatic heterocycles. The van der Waals surface area contributed by atoms with Gasteiger partial charge in [-0.05, 0) is 26.1 Å². The van der Waals surface area contributed by atoms with Crippen LogP contribution in [0.1, 0.15) is 20.3 Å². The second-order valence-electron chi connectivity index (χ2n) is 3.04. The molecule has 0 aromatic rings. The predicted molar refractivity (Wildman–Crippen MR) is 52.6 cm³/mol. The lowest BCUT2D eigenvalue weighted by Crippen LogP contribution is -2.29. The molecule has 4 heteroatoms. The lowest BCUT2D eigenvalue weighted by molar-refractivity contribution is 0.328. The van der Waals surface area contributed by atoms with Gasteiger partial charge in [0.15, 0.2) is 8.32 Å². The van der Waals surface area contributed by atoms with Crippen LogP contribution in [0.4, 0.5) is 0 Å². The molecule has 0 unspecified atom stereocenters. The van der Waals surface area contributed by atoms with Crippen molar-refractivity contribution < 1.29 is 9.22 Å². The second kappa shape index (κ2) is 8.65. The van der Waals surface area contributed by atoms with Crippen molar-refractivity contribution in [2.24, 2.45) is 0 Å². The Kier molecular flexibility index (Phi) is 10.2. The van der Waals surface area contributed by atoms with Crippen LogP contribution in [0.25, 0.3) is 0 Å². The summed E-state index contributed by atoms with van der Waals surface area (Å²) in [4.78, 5) is 8.35. The highest BCUT2D eigenvalue weighted by Gasteiger charge is 2.19. The van der Waals surface area contributed by atoms with Crippen LogP contribution in [0.15, 0.2) is 0 Å². The monoisotopic (exact) mass is 189 g/mol. The third-order valence-corrected chi connectivity index (χ3v) is 4.16. The summed E-state index contributed by atoms with van der Waals surface area (Å²) in [6, 6.07) is 1.29. The largest absolute Gasteiger partial charge is 0.418 e. The van der Waals surface area contributed by atoms with Crippen molar-refractivity contribution >= 4 is 14.4 Å². The van der Waals surface area contributed by atoms with Gasteiger partial charge in [-0.3, -0.25) is 0 Å². The van der Waals surface area contributed by atoms with E-state index in [2.05, 4.69) is 26.9 Å². The summed E-state index contributed by atoms with van der Waals surface area (Å²) >= 11 is 0. The minimum absolute atomic E-state index is 0.750. The molecule has 0 heterocycles. The molecule has 1 N–H and O–H groups in total. The summed E-state index contributed by atoms with van der Waals surface area (Å²) in [6.07, 6.45) is 2.01. The van der Waals surface area contributed by atoms with Crippen LogP contribution in [0.3, 0.4) is 0 Å². The van der Waals surface area contributed by atoms with E-state index in [0.29, 0.717) is 0 Å². The van der Waals surface area contributed by atoms with E-state index in [1.807, 2.05) is 0 Å². The van der Waals surface area contributed by atoms with Crippen molar-refractivity contribution in [2.45, 2.75) is 39.4 Å². The third kappa shape index (κ3) is 12.3.